The van der Waals surface area contributed by atoms with Gasteiger partial charge in [-0.2, -0.15) is 5.10 Å². The van der Waals surface area contributed by atoms with Crippen LogP contribution in [0.15, 0.2) is 34.1 Å². The van der Waals surface area contributed by atoms with E-state index in [9.17, 15) is 4.79 Å². The summed E-state index contributed by atoms with van der Waals surface area (Å²) in [5.41, 5.74) is 0. The number of aromatic amines is 1. The molecule has 3 aromatic heterocycles. The Hall–Kier alpha value is -2.33. The summed E-state index contributed by atoms with van der Waals surface area (Å²) in [5.74, 6) is 3.05. The van der Waals surface area contributed by atoms with Crippen molar-refractivity contribution in [1.82, 2.24) is 29.2 Å². The zero-order valence-electron chi connectivity index (χ0n) is 17.4. The van der Waals surface area contributed by atoms with E-state index in [4.69, 9.17) is 16.6 Å². The molecule has 1 aliphatic rings. The van der Waals surface area contributed by atoms with Crippen molar-refractivity contribution >= 4 is 29.9 Å². The predicted molar refractivity (Wildman–Crippen MR) is 117 cm³/mol. The monoisotopic (exact) mass is 446 g/mol. The van der Waals surface area contributed by atoms with Gasteiger partial charge >= 0.3 is 0 Å². The van der Waals surface area contributed by atoms with Crippen molar-refractivity contribution in [3.8, 4) is 0 Å². The standard InChI is InChI=1S/C20H26N6O2S2/c1-13(2)26-17(22-23-19(26)29)14-6-9-25(10-7-14)18(27)16-5-4-15(28-16)12-30-20-21-8-11-24(20)3/h4-5,8,11,13-14H,6-7,9-10,12H2,1-3H3,(H,23,29). The van der Waals surface area contributed by atoms with Gasteiger partial charge in [0, 0.05) is 44.5 Å². The number of furan rings is 1. The number of aryl methyl sites for hydroxylation is 1. The molecular weight excluding hydrogens is 420 g/mol. The second-order valence-corrected chi connectivity index (χ2v) is 9.12. The van der Waals surface area contributed by atoms with Crippen LogP contribution in [0.1, 0.15) is 60.8 Å². The average Bonchev–Trinajstić information content (AvgIpc) is 3.46. The van der Waals surface area contributed by atoms with Gasteiger partial charge in [0.2, 0.25) is 0 Å². The Balaban J connectivity index is 1.35. The summed E-state index contributed by atoms with van der Waals surface area (Å²) in [4.78, 5) is 19.0. The van der Waals surface area contributed by atoms with Crippen molar-refractivity contribution in [1.29, 1.82) is 0 Å². The number of piperidine rings is 1. The van der Waals surface area contributed by atoms with Crippen molar-refractivity contribution in [3.05, 3.63) is 46.6 Å². The molecule has 1 aliphatic heterocycles. The summed E-state index contributed by atoms with van der Waals surface area (Å²) >= 11 is 6.95. The van der Waals surface area contributed by atoms with Gasteiger partial charge in [0.25, 0.3) is 5.91 Å². The van der Waals surface area contributed by atoms with Crippen LogP contribution in [0.5, 0.6) is 0 Å². The van der Waals surface area contributed by atoms with Gasteiger partial charge in [0.05, 0.1) is 5.75 Å². The number of H-pyrrole nitrogens is 1. The number of nitrogens with one attached hydrogen (secondary N) is 1. The molecule has 8 nitrogen and oxygen atoms in total. The molecule has 4 rings (SSSR count). The topological polar surface area (TPSA) is 84.9 Å². The number of hydrogen-bond acceptors (Lipinski definition) is 6. The Morgan fingerprint density at radius 1 is 1.37 bits per heavy atom. The van der Waals surface area contributed by atoms with E-state index in [2.05, 4.69) is 33.6 Å². The van der Waals surface area contributed by atoms with E-state index in [1.165, 1.54) is 0 Å². The highest BCUT2D eigenvalue weighted by molar-refractivity contribution is 7.98. The van der Waals surface area contributed by atoms with E-state index in [0.29, 0.717) is 35.3 Å². The van der Waals surface area contributed by atoms with Crippen LogP contribution in [0.25, 0.3) is 0 Å². The van der Waals surface area contributed by atoms with E-state index in [0.717, 1.165) is 29.6 Å². The summed E-state index contributed by atoms with van der Waals surface area (Å²) in [7, 11) is 1.96. The number of rotatable bonds is 6. The lowest BCUT2D eigenvalue weighted by Crippen LogP contribution is -2.38. The van der Waals surface area contributed by atoms with E-state index in [1.807, 2.05) is 28.8 Å². The van der Waals surface area contributed by atoms with Gasteiger partial charge in [0.15, 0.2) is 15.7 Å². The lowest BCUT2D eigenvalue weighted by Gasteiger charge is -2.31. The van der Waals surface area contributed by atoms with Gasteiger partial charge in [-0.1, -0.05) is 11.8 Å². The largest absolute Gasteiger partial charge is 0.455 e. The lowest BCUT2D eigenvalue weighted by atomic mass is 9.95. The Morgan fingerprint density at radius 3 is 2.80 bits per heavy atom. The first-order valence-corrected chi connectivity index (χ1v) is 11.5. The molecule has 0 spiro atoms. The molecule has 0 unspecified atom stereocenters. The Kier molecular flexibility index (Phi) is 6.14. The molecule has 1 N–H and O–H groups in total. The van der Waals surface area contributed by atoms with E-state index >= 15 is 0 Å². The van der Waals surface area contributed by atoms with Crippen LogP contribution in [0.4, 0.5) is 0 Å². The molecule has 0 aliphatic carbocycles. The summed E-state index contributed by atoms with van der Waals surface area (Å²) < 4.78 is 10.5. The molecule has 1 fully saturated rings. The number of likely N-dealkylation sites (tertiary alicyclic amines) is 1. The Bertz CT molecular complexity index is 1070. The average molecular weight is 447 g/mol. The number of carbonyl (C=O) groups is 1. The fourth-order valence-electron chi connectivity index (χ4n) is 3.80. The van der Waals surface area contributed by atoms with Gasteiger partial charge < -0.3 is 18.5 Å². The molecule has 10 heteroatoms. The molecule has 0 saturated carbocycles. The van der Waals surface area contributed by atoms with Gasteiger partial charge in [-0.15, -0.1) is 0 Å². The maximum Gasteiger partial charge on any atom is 0.289 e. The van der Waals surface area contributed by atoms with E-state index in [-0.39, 0.29) is 11.9 Å². The summed E-state index contributed by atoms with van der Waals surface area (Å²) in [6.07, 6.45) is 5.40. The van der Waals surface area contributed by atoms with Crippen LogP contribution in [-0.2, 0) is 12.8 Å². The van der Waals surface area contributed by atoms with Crippen LogP contribution in [0.3, 0.4) is 0 Å². The van der Waals surface area contributed by atoms with Gasteiger partial charge in [-0.05, 0) is 51.0 Å². The number of aromatic nitrogens is 5. The van der Waals surface area contributed by atoms with Crippen molar-refractivity contribution in [2.45, 2.75) is 49.6 Å². The number of thioether (sulfide) groups is 1. The normalized spacial score (nSPS) is 15.3. The lowest BCUT2D eigenvalue weighted by molar-refractivity contribution is 0.0676. The van der Waals surface area contributed by atoms with Crippen LogP contribution in [0.2, 0.25) is 0 Å². The maximum atomic E-state index is 12.9. The molecule has 0 bridgehead atoms. The molecule has 0 aromatic carbocycles. The fourth-order valence-corrected chi connectivity index (χ4v) is 4.97. The summed E-state index contributed by atoms with van der Waals surface area (Å²) in [6.45, 7) is 5.57. The number of hydrogen-bond donors (Lipinski definition) is 1. The summed E-state index contributed by atoms with van der Waals surface area (Å²) in [5, 5.41) is 8.29. The van der Waals surface area contributed by atoms with Gasteiger partial charge in [-0.3, -0.25) is 9.89 Å². The third kappa shape index (κ3) is 4.24. The van der Waals surface area contributed by atoms with E-state index in [1.54, 1.807) is 24.0 Å². The Morgan fingerprint density at radius 2 is 2.13 bits per heavy atom. The molecule has 1 saturated heterocycles. The van der Waals surface area contributed by atoms with Crippen LogP contribution in [-0.4, -0.2) is 48.2 Å². The maximum absolute atomic E-state index is 12.9. The predicted octanol–water partition coefficient (Wildman–Crippen LogP) is 4.16. The quantitative estimate of drug-likeness (QED) is 0.452. The smallest absolute Gasteiger partial charge is 0.289 e. The second kappa shape index (κ2) is 8.81. The number of nitrogens with zero attached hydrogens (tertiary/aromatic N) is 5. The highest BCUT2D eigenvalue weighted by Crippen LogP contribution is 2.29. The summed E-state index contributed by atoms with van der Waals surface area (Å²) in [6, 6.07) is 3.90. The molecule has 160 valence electrons. The molecule has 1 amide bonds. The molecular formula is C20H26N6O2S2. The van der Waals surface area contributed by atoms with Gasteiger partial charge in [-0.25, -0.2) is 4.98 Å². The molecule has 0 atom stereocenters. The van der Waals surface area contributed by atoms with Gasteiger partial charge in [0.1, 0.15) is 11.6 Å². The molecule has 0 radical (unpaired) electrons. The minimum absolute atomic E-state index is 0.0515. The van der Waals surface area contributed by atoms with E-state index < -0.39 is 0 Å². The molecule has 4 heterocycles. The third-order valence-electron chi connectivity index (χ3n) is 5.39. The third-order valence-corrected chi connectivity index (χ3v) is 6.76. The second-order valence-electron chi connectivity index (χ2n) is 7.79. The van der Waals surface area contributed by atoms with Crippen molar-refractivity contribution in [2.24, 2.45) is 7.05 Å². The van der Waals surface area contributed by atoms with Crippen LogP contribution >= 0.6 is 24.0 Å². The minimum atomic E-state index is -0.0515. The number of imidazole rings is 1. The first-order chi connectivity index (χ1) is 14.4. The zero-order chi connectivity index (χ0) is 21.3. The first-order valence-electron chi connectivity index (χ1n) is 10.1. The van der Waals surface area contributed by atoms with Crippen LogP contribution < -0.4 is 0 Å². The SMILES string of the molecule is CC(C)n1c(C2CCN(C(=O)c3ccc(CSc4nccn4C)o3)CC2)n[nH]c1=S. The fraction of sp³-hybridized carbons (Fsp3) is 0.500. The number of carbonyl (C=O) groups excluding carboxylic acids is 1. The van der Waals surface area contributed by atoms with Crippen LogP contribution in [0, 0.1) is 4.77 Å². The number of amides is 1. The molecule has 30 heavy (non-hydrogen) atoms. The Labute approximate surface area is 184 Å². The zero-order valence-corrected chi connectivity index (χ0v) is 19.0. The first kappa shape index (κ1) is 20.9. The highest BCUT2D eigenvalue weighted by atomic mass is 32.2. The highest BCUT2D eigenvalue weighted by Gasteiger charge is 2.29. The van der Waals surface area contributed by atoms with Crippen molar-refractivity contribution < 1.29 is 9.21 Å². The molecule has 3 aromatic rings. The van der Waals surface area contributed by atoms with Crippen molar-refractivity contribution in [2.75, 3.05) is 13.1 Å². The minimum Gasteiger partial charge on any atom is -0.455 e. The van der Waals surface area contributed by atoms with Crippen molar-refractivity contribution in [3.63, 3.8) is 0 Å².